The Labute approximate surface area is 122 Å². The first-order valence-corrected chi connectivity index (χ1v) is 7.97. The Hall–Kier alpha value is -1.56. The second-order valence-electron chi connectivity index (χ2n) is 6.50. The topological polar surface area (TPSA) is 0 Å². The molecule has 0 bridgehead atoms. The van der Waals surface area contributed by atoms with Gasteiger partial charge in [0.25, 0.3) is 0 Å². The molecule has 0 heterocycles. The van der Waals surface area contributed by atoms with Crippen molar-refractivity contribution in [3.05, 3.63) is 72.9 Å². The van der Waals surface area contributed by atoms with Crippen LogP contribution in [0.5, 0.6) is 0 Å². The molecule has 0 heteroatoms. The number of hydrogen-bond acceptors (Lipinski definition) is 0. The number of rotatable bonds is 1. The highest BCUT2D eigenvalue weighted by Gasteiger charge is 2.38. The van der Waals surface area contributed by atoms with Crippen molar-refractivity contribution < 1.29 is 0 Å². The van der Waals surface area contributed by atoms with Crippen molar-refractivity contribution in [2.45, 2.75) is 12.8 Å². The second-order valence-corrected chi connectivity index (χ2v) is 6.50. The van der Waals surface area contributed by atoms with Crippen LogP contribution < -0.4 is 0 Å². The van der Waals surface area contributed by atoms with Gasteiger partial charge in [0.05, 0.1) is 0 Å². The molecule has 0 aromatic carbocycles. The lowest BCUT2D eigenvalue weighted by Gasteiger charge is -2.42. The largest absolute Gasteiger partial charge is 0.0876 e. The van der Waals surface area contributed by atoms with E-state index in [4.69, 9.17) is 0 Å². The van der Waals surface area contributed by atoms with E-state index in [9.17, 15) is 0 Å². The molecule has 0 nitrogen and oxygen atoms in total. The van der Waals surface area contributed by atoms with E-state index < -0.39 is 0 Å². The van der Waals surface area contributed by atoms with Gasteiger partial charge in [0.2, 0.25) is 0 Å². The van der Waals surface area contributed by atoms with Gasteiger partial charge in [0.15, 0.2) is 0 Å². The van der Waals surface area contributed by atoms with Crippen LogP contribution in [0.1, 0.15) is 12.8 Å². The summed E-state index contributed by atoms with van der Waals surface area (Å²) in [5.41, 5.74) is 0. The van der Waals surface area contributed by atoms with Crippen molar-refractivity contribution in [2.24, 2.45) is 35.5 Å². The Balaban J connectivity index is 1.66. The van der Waals surface area contributed by atoms with Crippen LogP contribution in [-0.4, -0.2) is 0 Å². The zero-order chi connectivity index (χ0) is 13.4. The summed E-state index contributed by atoms with van der Waals surface area (Å²) in [7, 11) is 0. The van der Waals surface area contributed by atoms with Gasteiger partial charge in [-0.1, -0.05) is 72.9 Å². The average molecular weight is 262 g/mol. The zero-order valence-corrected chi connectivity index (χ0v) is 11.8. The Morgan fingerprint density at radius 3 is 1.40 bits per heavy atom. The van der Waals surface area contributed by atoms with Crippen molar-refractivity contribution in [3.63, 3.8) is 0 Å². The normalized spacial score (nSPS) is 44.4. The molecule has 0 aliphatic heterocycles. The minimum absolute atomic E-state index is 0.662. The minimum Gasteiger partial charge on any atom is -0.0876 e. The van der Waals surface area contributed by atoms with Gasteiger partial charge in [-0.2, -0.15) is 0 Å². The molecule has 0 N–H and O–H groups in total. The Kier molecular flexibility index (Phi) is 3.10. The molecule has 6 atom stereocenters. The molecular weight excluding hydrogens is 240 g/mol. The van der Waals surface area contributed by atoms with E-state index in [1.807, 2.05) is 0 Å². The summed E-state index contributed by atoms with van der Waals surface area (Å²) < 4.78 is 0. The average Bonchev–Trinajstić information content (AvgIpc) is 2.54. The lowest BCUT2D eigenvalue weighted by Crippen LogP contribution is -2.35. The molecule has 0 spiro atoms. The number of allylic oxidation sites excluding steroid dienone is 12. The number of fused-ring (bicyclic) bond motifs is 2. The Bertz CT molecular complexity index is 490. The van der Waals surface area contributed by atoms with E-state index in [1.165, 1.54) is 12.8 Å². The van der Waals surface area contributed by atoms with Gasteiger partial charge in [0.1, 0.15) is 0 Å². The molecule has 0 saturated carbocycles. The van der Waals surface area contributed by atoms with Crippen molar-refractivity contribution in [3.8, 4) is 0 Å². The van der Waals surface area contributed by atoms with Crippen LogP contribution in [0.4, 0.5) is 0 Å². The van der Waals surface area contributed by atoms with Gasteiger partial charge in [-0.05, 0) is 48.3 Å². The van der Waals surface area contributed by atoms with Crippen LogP contribution in [0.3, 0.4) is 0 Å². The van der Waals surface area contributed by atoms with Crippen molar-refractivity contribution >= 4 is 0 Å². The molecule has 0 aromatic rings. The van der Waals surface area contributed by atoms with Crippen molar-refractivity contribution in [1.29, 1.82) is 0 Å². The van der Waals surface area contributed by atoms with E-state index in [2.05, 4.69) is 72.9 Å². The first-order chi connectivity index (χ1) is 9.93. The highest BCUT2D eigenvalue weighted by atomic mass is 14.4. The molecule has 0 aromatic heterocycles. The molecular formula is C20H22. The fourth-order valence-corrected chi connectivity index (χ4v) is 4.45. The van der Waals surface area contributed by atoms with Crippen LogP contribution >= 0.6 is 0 Å². The lowest BCUT2D eigenvalue weighted by molar-refractivity contribution is 0.217. The molecule has 0 saturated heterocycles. The van der Waals surface area contributed by atoms with Gasteiger partial charge in [-0.3, -0.25) is 0 Å². The van der Waals surface area contributed by atoms with Crippen molar-refractivity contribution in [2.75, 3.05) is 0 Å². The summed E-state index contributed by atoms with van der Waals surface area (Å²) in [6, 6.07) is 0. The van der Waals surface area contributed by atoms with Crippen LogP contribution in [0.15, 0.2) is 72.9 Å². The van der Waals surface area contributed by atoms with Gasteiger partial charge < -0.3 is 0 Å². The fraction of sp³-hybridized carbons (Fsp3) is 0.400. The second kappa shape index (κ2) is 5.09. The van der Waals surface area contributed by atoms with Crippen LogP contribution in [-0.2, 0) is 0 Å². The molecule has 0 amide bonds. The molecule has 4 rings (SSSR count). The van der Waals surface area contributed by atoms with Crippen LogP contribution in [0, 0.1) is 35.5 Å². The van der Waals surface area contributed by atoms with Gasteiger partial charge >= 0.3 is 0 Å². The maximum absolute atomic E-state index is 2.49. The Morgan fingerprint density at radius 1 is 0.450 bits per heavy atom. The monoisotopic (exact) mass is 262 g/mol. The van der Waals surface area contributed by atoms with Crippen molar-refractivity contribution in [1.82, 2.24) is 0 Å². The SMILES string of the molecule is C1=CC2CC=C[C@@H]([C@@H]3C=CCC4C=CC=CC43)C2C=C1. The molecule has 20 heavy (non-hydrogen) atoms. The minimum atomic E-state index is 0.662. The lowest BCUT2D eigenvalue weighted by atomic mass is 9.62. The van der Waals surface area contributed by atoms with Gasteiger partial charge in [-0.15, -0.1) is 0 Å². The van der Waals surface area contributed by atoms with Crippen LogP contribution in [0.2, 0.25) is 0 Å². The third-order valence-corrected chi connectivity index (χ3v) is 5.46. The standard InChI is InChI=1S/C20H22/c1-3-11-17-15(7-1)9-5-13-19(17)20-14-6-10-16-8-2-4-12-18(16)20/h1-8,11-20H,9-10H2/t15?,16?,17?,18?,19-,20-/m1/s1. The molecule has 0 fully saturated rings. The summed E-state index contributed by atoms with van der Waals surface area (Å²) in [6.45, 7) is 0. The van der Waals surface area contributed by atoms with Gasteiger partial charge in [0, 0.05) is 0 Å². The number of hydrogen-bond donors (Lipinski definition) is 0. The first kappa shape index (κ1) is 12.2. The quantitative estimate of drug-likeness (QED) is 0.592. The van der Waals surface area contributed by atoms with Gasteiger partial charge in [-0.25, -0.2) is 0 Å². The predicted molar refractivity (Wildman–Crippen MR) is 85.0 cm³/mol. The summed E-state index contributed by atoms with van der Waals surface area (Å²) in [6.07, 6.45) is 30.9. The zero-order valence-electron chi connectivity index (χ0n) is 11.8. The van der Waals surface area contributed by atoms with E-state index in [1.54, 1.807) is 0 Å². The van der Waals surface area contributed by atoms with Crippen LogP contribution in [0.25, 0.3) is 0 Å². The fourth-order valence-electron chi connectivity index (χ4n) is 4.45. The highest BCUT2D eigenvalue weighted by molar-refractivity contribution is 5.26. The van der Waals surface area contributed by atoms with E-state index in [-0.39, 0.29) is 0 Å². The van der Waals surface area contributed by atoms with E-state index in [0.717, 1.165) is 0 Å². The maximum atomic E-state index is 2.49. The third kappa shape index (κ3) is 1.98. The Morgan fingerprint density at radius 2 is 0.900 bits per heavy atom. The smallest absolute Gasteiger partial charge is 0.00955 e. The summed E-state index contributed by atoms with van der Waals surface area (Å²) in [5, 5.41) is 0. The molecule has 4 aliphatic carbocycles. The van der Waals surface area contributed by atoms with E-state index in [0.29, 0.717) is 35.5 Å². The molecule has 4 unspecified atom stereocenters. The molecule has 102 valence electrons. The summed E-state index contributed by atoms with van der Waals surface area (Å²) >= 11 is 0. The maximum Gasteiger partial charge on any atom is -0.00955 e. The third-order valence-electron chi connectivity index (χ3n) is 5.46. The van der Waals surface area contributed by atoms with E-state index >= 15 is 0 Å². The predicted octanol–water partition coefficient (Wildman–Crippen LogP) is 4.86. The summed E-state index contributed by atoms with van der Waals surface area (Å²) in [5.74, 6) is 4.14. The highest BCUT2D eigenvalue weighted by Crippen LogP contribution is 2.46. The molecule has 4 aliphatic rings. The first-order valence-electron chi connectivity index (χ1n) is 7.97. The summed E-state index contributed by atoms with van der Waals surface area (Å²) in [4.78, 5) is 0. The molecule has 0 radical (unpaired) electrons.